The molecule has 2 N–H and O–H groups in total. The average Bonchev–Trinajstić information content (AvgIpc) is 2.47. The molecule has 3 heteroatoms. The van der Waals surface area contributed by atoms with Gasteiger partial charge in [0.15, 0.2) is 5.83 Å². The predicted octanol–water partition coefficient (Wildman–Crippen LogP) is 3.17. The highest BCUT2D eigenvalue weighted by molar-refractivity contribution is 6.11. The van der Waals surface area contributed by atoms with Crippen molar-refractivity contribution in [1.29, 1.82) is 0 Å². The van der Waals surface area contributed by atoms with E-state index in [1.807, 2.05) is 0 Å². The third kappa shape index (κ3) is 2.46. The van der Waals surface area contributed by atoms with Crippen molar-refractivity contribution < 1.29 is 9.18 Å². The van der Waals surface area contributed by atoms with Crippen LogP contribution >= 0.6 is 0 Å². The molecule has 0 unspecified atom stereocenters. The van der Waals surface area contributed by atoms with Crippen LogP contribution in [0.25, 0.3) is 5.70 Å². The van der Waals surface area contributed by atoms with Gasteiger partial charge in [0.05, 0.1) is 5.70 Å². The average molecular weight is 241 g/mol. The number of rotatable bonds is 3. The summed E-state index contributed by atoms with van der Waals surface area (Å²) in [5.41, 5.74) is 6.31. The second kappa shape index (κ2) is 5.27. The van der Waals surface area contributed by atoms with Crippen molar-refractivity contribution in [2.45, 2.75) is 0 Å². The summed E-state index contributed by atoms with van der Waals surface area (Å²) in [6, 6.07) is 16.8. The van der Waals surface area contributed by atoms with E-state index in [1.54, 1.807) is 60.7 Å². The number of hydrogen-bond acceptors (Lipinski definition) is 2. The standard InChI is InChI=1S/C15H12FNO/c16-13(14(17)11-7-3-1-4-8-11)15(18)12-9-5-2-6-10-12/h1-10H,17H2/b14-13+. The molecule has 0 radical (unpaired) electrons. The molecule has 0 aliphatic heterocycles. The van der Waals surface area contributed by atoms with E-state index in [-0.39, 0.29) is 11.3 Å². The molecular weight excluding hydrogens is 229 g/mol. The van der Waals surface area contributed by atoms with Crippen LogP contribution in [0.4, 0.5) is 4.39 Å². The minimum absolute atomic E-state index is 0.135. The largest absolute Gasteiger partial charge is 0.396 e. The molecule has 0 heterocycles. The Morgan fingerprint density at radius 2 is 1.28 bits per heavy atom. The molecule has 2 aromatic rings. The fourth-order valence-electron chi connectivity index (χ4n) is 1.58. The Kier molecular flexibility index (Phi) is 3.53. The summed E-state index contributed by atoms with van der Waals surface area (Å²) in [5.74, 6) is -1.62. The molecule has 0 saturated heterocycles. The van der Waals surface area contributed by atoms with Crippen LogP contribution in [0, 0.1) is 0 Å². The fourth-order valence-corrected chi connectivity index (χ4v) is 1.58. The van der Waals surface area contributed by atoms with E-state index >= 15 is 0 Å². The van der Waals surface area contributed by atoms with Gasteiger partial charge in [-0.15, -0.1) is 0 Å². The van der Waals surface area contributed by atoms with Crippen LogP contribution in [0.1, 0.15) is 15.9 Å². The summed E-state index contributed by atoms with van der Waals surface area (Å²) in [6.45, 7) is 0. The molecule has 0 atom stereocenters. The van der Waals surface area contributed by atoms with Gasteiger partial charge in [-0.05, 0) is 0 Å². The molecule has 0 aromatic heterocycles. The van der Waals surface area contributed by atoms with Gasteiger partial charge >= 0.3 is 0 Å². The molecule has 90 valence electrons. The third-order valence-corrected chi connectivity index (χ3v) is 2.56. The third-order valence-electron chi connectivity index (χ3n) is 2.56. The molecule has 0 aliphatic carbocycles. The zero-order valence-electron chi connectivity index (χ0n) is 9.64. The van der Waals surface area contributed by atoms with E-state index in [4.69, 9.17) is 5.73 Å². The molecule has 0 amide bonds. The molecule has 2 aromatic carbocycles. The highest BCUT2D eigenvalue weighted by atomic mass is 19.1. The minimum atomic E-state index is -0.924. The fraction of sp³-hybridized carbons (Fsp3) is 0. The lowest BCUT2D eigenvalue weighted by atomic mass is 10.1. The number of ketones is 1. The molecule has 2 nitrogen and oxygen atoms in total. The maximum absolute atomic E-state index is 14.0. The molecule has 0 bridgehead atoms. The molecule has 0 fully saturated rings. The maximum atomic E-state index is 14.0. The first-order chi connectivity index (χ1) is 8.70. The van der Waals surface area contributed by atoms with Crippen LogP contribution in [-0.2, 0) is 0 Å². The normalized spacial score (nSPS) is 11.8. The number of carbonyl (C=O) groups excluding carboxylic acids is 1. The van der Waals surface area contributed by atoms with Gasteiger partial charge in [-0.1, -0.05) is 60.7 Å². The van der Waals surface area contributed by atoms with E-state index < -0.39 is 11.6 Å². The lowest BCUT2D eigenvalue weighted by molar-refractivity contribution is 0.101. The molecule has 0 aliphatic rings. The lowest BCUT2D eigenvalue weighted by Crippen LogP contribution is -2.07. The van der Waals surface area contributed by atoms with Gasteiger partial charge in [-0.3, -0.25) is 4.79 Å². The Morgan fingerprint density at radius 1 is 0.833 bits per heavy atom. The van der Waals surface area contributed by atoms with Crippen LogP contribution in [0.3, 0.4) is 0 Å². The topological polar surface area (TPSA) is 43.1 Å². The van der Waals surface area contributed by atoms with Gasteiger partial charge in [-0.25, -0.2) is 4.39 Å². The SMILES string of the molecule is N/C(=C(/F)C(=O)c1ccccc1)c1ccccc1. The van der Waals surface area contributed by atoms with Crippen LogP contribution in [0.5, 0.6) is 0 Å². The van der Waals surface area contributed by atoms with E-state index in [9.17, 15) is 9.18 Å². The summed E-state index contributed by atoms with van der Waals surface area (Å²) >= 11 is 0. The van der Waals surface area contributed by atoms with Crippen LogP contribution in [-0.4, -0.2) is 5.78 Å². The zero-order chi connectivity index (χ0) is 13.0. The molecule has 0 spiro atoms. The molecule has 18 heavy (non-hydrogen) atoms. The molecule has 0 saturated carbocycles. The van der Waals surface area contributed by atoms with E-state index in [0.29, 0.717) is 5.56 Å². The number of benzene rings is 2. The summed E-state index contributed by atoms with van der Waals surface area (Å²) in [7, 11) is 0. The van der Waals surface area contributed by atoms with Gasteiger partial charge in [0.2, 0.25) is 5.78 Å². The van der Waals surface area contributed by atoms with Crippen LogP contribution < -0.4 is 5.73 Å². The Morgan fingerprint density at radius 3 is 1.78 bits per heavy atom. The van der Waals surface area contributed by atoms with Gasteiger partial charge in [-0.2, -0.15) is 0 Å². The smallest absolute Gasteiger partial charge is 0.223 e. The monoisotopic (exact) mass is 241 g/mol. The minimum Gasteiger partial charge on any atom is -0.396 e. The number of Topliss-reactive ketones (excluding diaryl/α,β-unsaturated/α-hetero) is 1. The Labute approximate surface area is 105 Å². The highest BCUT2D eigenvalue weighted by Crippen LogP contribution is 2.18. The Balaban J connectivity index is 2.37. The number of hydrogen-bond donors (Lipinski definition) is 1. The summed E-state index contributed by atoms with van der Waals surface area (Å²) < 4.78 is 14.0. The highest BCUT2D eigenvalue weighted by Gasteiger charge is 2.16. The van der Waals surface area contributed by atoms with Crippen LogP contribution in [0.2, 0.25) is 0 Å². The predicted molar refractivity (Wildman–Crippen MR) is 69.4 cm³/mol. The van der Waals surface area contributed by atoms with Crippen molar-refractivity contribution in [3.8, 4) is 0 Å². The zero-order valence-corrected chi connectivity index (χ0v) is 9.64. The van der Waals surface area contributed by atoms with Gasteiger partial charge in [0.1, 0.15) is 0 Å². The van der Waals surface area contributed by atoms with Gasteiger partial charge < -0.3 is 5.73 Å². The first-order valence-corrected chi connectivity index (χ1v) is 5.50. The lowest BCUT2D eigenvalue weighted by Gasteiger charge is -2.04. The van der Waals surface area contributed by atoms with Crippen LogP contribution in [0.15, 0.2) is 66.5 Å². The van der Waals surface area contributed by atoms with E-state index in [0.717, 1.165) is 0 Å². The number of nitrogens with two attached hydrogens (primary N) is 1. The Hall–Kier alpha value is -2.42. The summed E-state index contributed by atoms with van der Waals surface area (Å²) in [6.07, 6.45) is 0. The maximum Gasteiger partial charge on any atom is 0.223 e. The quantitative estimate of drug-likeness (QED) is 0.662. The number of allylic oxidation sites excluding steroid dienone is 1. The number of carbonyl (C=O) groups is 1. The van der Waals surface area contributed by atoms with Gasteiger partial charge in [0, 0.05) is 11.1 Å². The van der Waals surface area contributed by atoms with Crippen molar-refractivity contribution in [3.63, 3.8) is 0 Å². The van der Waals surface area contributed by atoms with Crippen molar-refractivity contribution in [3.05, 3.63) is 77.6 Å². The van der Waals surface area contributed by atoms with E-state index in [2.05, 4.69) is 0 Å². The first-order valence-electron chi connectivity index (χ1n) is 5.50. The van der Waals surface area contributed by atoms with Crippen molar-refractivity contribution in [2.75, 3.05) is 0 Å². The van der Waals surface area contributed by atoms with Gasteiger partial charge in [0.25, 0.3) is 0 Å². The van der Waals surface area contributed by atoms with Crippen molar-refractivity contribution in [1.82, 2.24) is 0 Å². The molecular formula is C15H12FNO. The second-order valence-electron chi connectivity index (χ2n) is 3.79. The molecule has 2 rings (SSSR count). The Bertz CT molecular complexity index is 576. The first kappa shape index (κ1) is 12.0. The summed E-state index contributed by atoms with van der Waals surface area (Å²) in [4.78, 5) is 11.8. The number of halogens is 1. The summed E-state index contributed by atoms with van der Waals surface area (Å²) in [5, 5.41) is 0. The second-order valence-corrected chi connectivity index (χ2v) is 3.79. The van der Waals surface area contributed by atoms with E-state index in [1.165, 1.54) is 0 Å². The van der Waals surface area contributed by atoms with Crippen molar-refractivity contribution in [2.24, 2.45) is 5.73 Å². The van der Waals surface area contributed by atoms with Crippen molar-refractivity contribution >= 4 is 11.5 Å².